The molecule has 2 fully saturated rings. The smallest absolute Gasteiger partial charge is 0.250 e. The van der Waals surface area contributed by atoms with Crippen molar-refractivity contribution in [1.29, 1.82) is 10.5 Å². The maximum atomic E-state index is 11.9. The fourth-order valence-electron chi connectivity index (χ4n) is 3.12. The van der Waals surface area contributed by atoms with Gasteiger partial charge in [-0.15, -0.1) is 0 Å². The van der Waals surface area contributed by atoms with Gasteiger partial charge >= 0.3 is 0 Å². The van der Waals surface area contributed by atoms with Gasteiger partial charge < -0.3 is 4.74 Å². The van der Waals surface area contributed by atoms with Crippen molar-refractivity contribution in [2.75, 3.05) is 7.11 Å². The molecule has 0 aromatic heterocycles. The number of hydrogen-bond acceptors (Lipinski definition) is 5. The summed E-state index contributed by atoms with van der Waals surface area (Å²) in [5.41, 5.74) is -2.66. The highest BCUT2D eigenvalue weighted by Crippen LogP contribution is 2.76. The second-order valence-corrected chi connectivity index (χ2v) is 4.83. The number of fused-ring (bicyclic) bond motifs is 1. The molecule has 6 heteroatoms. The molecule has 1 N–H and O–H groups in total. The Labute approximate surface area is 114 Å². The van der Waals surface area contributed by atoms with E-state index in [0.29, 0.717) is 11.3 Å². The topological polar surface area (TPSA) is 103 Å². The van der Waals surface area contributed by atoms with Crippen LogP contribution in [0.25, 0.3) is 0 Å². The van der Waals surface area contributed by atoms with Crippen LogP contribution in [0.3, 0.4) is 0 Å². The zero-order chi connectivity index (χ0) is 14.5. The number of piperidine rings is 1. The van der Waals surface area contributed by atoms with Crippen LogP contribution in [0, 0.1) is 33.5 Å². The number of carbonyl (C=O) groups is 2. The van der Waals surface area contributed by atoms with Crippen LogP contribution in [0.1, 0.15) is 11.5 Å². The molecule has 20 heavy (non-hydrogen) atoms. The molecule has 1 saturated heterocycles. The van der Waals surface area contributed by atoms with E-state index in [0.717, 1.165) is 0 Å². The molecule has 3 atom stereocenters. The van der Waals surface area contributed by atoms with Gasteiger partial charge in [0, 0.05) is 5.92 Å². The number of benzene rings is 1. The molecule has 1 aliphatic heterocycles. The lowest BCUT2D eigenvalue weighted by Gasteiger charge is -2.08. The summed E-state index contributed by atoms with van der Waals surface area (Å²) in [6.07, 6.45) is 0. The Bertz CT molecular complexity index is 692. The van der Waals surface area contributed by atoms with E-state index < -0.39 is 28.6 Å². The number of imide groups is 1. The van der Waals surface area contributed by atoms with Crippen LogP contribution in [0.5, 0.6) is 5.75 Å². The van der Waals surface area contributed by atoms with Gasteiger partial charge in [0.2, 0.25) is 11.8 Å². The Morgan fingerprint density at radius 2 is 1.80 bits per heavy atom. The van der Waals surface area contributed by atoms with E-state index in [1.807, 2.05) is 12.1 Å². The van der Waals surface area contributed by atoms with Crippen molar-refractivity contribution in [3.8, 4) is 17.9 Å². The van der Waals surface area contributed by atoms with Crippen LogP contribution in [0.4, 0.5) is 0 Å². The molecule has 2 aliphatic rings. The molecule has 1 aromatic carbocycles. The third-order valence-corrected chi connectivity index (χ3v) is 4.13. The second-order valence-electron chi connectivity index (χ2n) is 4.83. The predicted octanol–water partition coefficient (Wildman–Crippen LogP) is 0.469. The molecule has 6 nitrogen and oxygen atoms in total. The second kappa shape index (κ2) is 3.58. The summed E-state index contributed by atoms with van der Waals surface area (Å²) in [6.45, 7) is 0. The van der Waals surface area contributed by atoms with Crippen molar-refractivity contribution in [3.05, 3.63) is 29.8 Å². The maximum Gasteiger partial charge on any atom is 0.250 e. The fourth-order valence-corrected chi connectivity index (χ4v) is 3.12. The van der Waals surface area contributed by atoms with Crippen molar-refractivity contribution >= 4 is 11.8 Å². The van der Waals surface area contributed by atoms with Crippen molar-refractivity contribution < 1.29 is 14.3 Å². The highest BCUT2D eigenvalue weighted by molar-refractivity contribution is 6.19. The van der Waals surface area contributed by atoms with E-state index in [1.54, 1.807) is 24.3 Å². The lowest BCUT2D eigenvalue weighted by atomic mass is 9.98. The van der Waals surface area contributed by atoms with E-state index in [-0.39, 0.29) is 0 Å². The molecular formula is C14H9N3O3. The number of rotatable bonds is 2. The molecule has 1 saturated carbocycles. The summed E-state index contributed by atoms with van der Waals surface area (Å²) in [5, 5.41) is 20.8. The van der Waals surface area contributed by atoms with Gasteiger partial charge in [0.05, 0.1) is 19.2 Å². The third-order valence-electron chi connectivity index (χ3n) is 4.13. The minimum Gasteiger partial charge on any atom is -0.497 e. The Morgan fingerprint density at radius 1 is 1.20 bits per heavy atom. The summed E-state index contributed by atoms with van der Waals surface area (Å²) < 4.78 is 5.09. The van der Waals surface area contributed by atoms with Crippen LogP contribution in [0.2, 0.25) is 0 Å². The number of nitrogens with zero attached hydrogens (tertiary/aromatic N) is 2. The van der Waals surface area contributed by atoms with Crippen molar-refractivity contribution in [1.82, 2.24) is 5.32 Å². The minimum atomic E-state index is -1.62. The van der Waals surface area contributed by atoms with Crippen molar-refractivity contribution in [2.24, 2.45) is 10.8 Å². The normalized spacial score (nSPS) is 33.6. The first-order valence-electron chi connectivity index (χ1n) is 5.91. The number of nitrogens with one attached hydrogen (secondary N) is 1. The predicted molar refractivity (Wildman–Crippen MR) is 65.0 cm³/mol. The molecule has 3 rings (SSSR count). The van der Waals surface area contributed by atoms with Gasteiger partial charge in [-0.3, -0.25) is 14.9 Å². The lowest BCUT2D eigenvalue weighted by molar-refractivity contribution is -0.128. The van der Waals surface area contributed by atoms with Crippen LogP contribution in [-0.2, 0) is 9.59 Å². The quantitative estimate of drug-likeness (QED) is 0.784. The van der Waals surface area contributed by atoms with Gasteiger partial charge in [-0.1, -0.05) is 12.1 Å². The van der Waals surface area contributed by atoms with Gasteiger partial charge in [0.15, 0.2) is 10.8 Å². The molecular weight excluding hydrogens is 258 g/mol. The third kappa shape index (κ3) is 1.03. The van der Waals surface area contributed by atoms with Gasteiger partial charge in [-0.2, -0.15) is 10.5 Å². The van der Waals surface area contributed by atoms with Crippen LogP contribution < -0.4 is 10.1 Å². The van der Waals surface area contributed by atoms with E-state index in [4.69, 9.17) is 4.74 Å². The average Bonchev–Trinajstić information content (AvgIpc) is 3.05. The molecule has 0 bridgehead atoms. The zero-order valence-electron chi connectivity index (χ0n) is 10.5. The van der Waals surface area contributed by atoms with Crippen LogP contribution in [-0.4, -0.2) is 18.9 Å². The Kier molecular flexibility index (Phi) is 2.18. The summed E-state index contributed by atoms with van der Waals surface area (Å²) in [5.74, 6) is -1.60. The highest BCUT2D eigenvalue weighted by atomic mass is 16.5. The minimum absolute atomic E-state index is 0.543. The summed E-state index contributed by atoms with van der Waals surface area (Å²) >= 11 is 0. The molecule has 1 aliphatic carbocycles. The molecule has 1 heterocycles. The molecule has 2 amide bonds. The fraction of sp³-hybridized carbons (Fsp3) is 0.286. The summed E-state index contributed by atoms with van der Waals surface area (Å²) in [6, 6.07) is 10.5. The number of amides is 2. The first-order chi connectivity index (χ1) is 9.58. The molecule has 1 unspecified atom stereocenters. The molecule has 0 spiro atoms. The number of ether oxygens (including phenoxy) is 1. The molecule has 98 valence electrons. The number of nitriles is 2. The standard InChI is InChI=1S/C14H9N3O3/c1-20-9-4-2-3-8(5-9)10-13(6-15)11(18)17-12(19)14(10,13)7-16/h2-5,10H,1H3,(H,17,18,19)/t10?,13-,14+. The average molecular weight is 267 g/mol. The van der Waals surface area contributed by atoms with E-state index in [2.05, 4.69) is 5.32 Å². The summed E-state index contributed by atoms with van der Waals surface area (Å²) in [7, 11) is 1.49. The maximum absolute atomic E-state index is 11.9. The first-order valence-corrected chi connectivity index (χ1v) is 5.91. The van der Waals surface area contributed by atoms with Gasteiger partial charge in [0.1, 0.15) is 5.75 Å². The van der Waals surface area contributed by atoms with Gasteiger partial charge in [-0.25, -0.2) is 0 Å². The Hall–Kier alpha value is -2.86. The molecule has 1 aromatic rings. The van der Waals surface area contributed by atoms with Crippen LogP contribution >= 0.6 is 0 Å². The Morgan fingerprint density at radius 3 is 2.30 bits per heavy atom. The zero-order valence-corrected chi connectivity index (χ0v) is 10.5. The lowest BCUT2D eigenvalue weighted by Crippen LogP contribution is -2.31. The van der Waals surface area contributed by atoms with Gasteiger partial charge in [0.25, 0.3) is 0 Å². The highest BCUT2D eigenvalue weighted by Gasteiger charge is 2.90. The van der Waals surface area contributed by atoms with Crippen molar-refractivity contribution in [2.45, 2.75) is 5.92 Å². The number of carbonyl (C=O) groups excluding carboxylic acids is 2. The van der Waals surface area contributed by atoms with E-state index >= 15 is 0 Å². The van der Waals surface area contributed by atoms with E-state index in [1.165, 1.54) is 7.11 Å². The Balaban J connectivity index is 2.17. The largest absolute Gasteiger partial charge is 0.497 e. The summed E-state index contributed by atoms with van der Waals surface area (Å²) in [4.78, 5) is 23.9. The van der Waals surface area contributed by atoms with Gasteiger partial charge in [-0.05, 0) is 17.7 Å². The van der Waals surface area contributed by atoms with E-state index in [9.17, 15) is 20.1 Å². The SMILES string of the molecule is COc1cccc(C2[C@]3(C#N)C(=O)NC(=O)[C@]23C#N)c1. The first kappa shape index (κ1) is 12.2. The number of methoxy groups -OCH3 is 1. The van der Waals surface area contributed by atoms with Crippen molar-refractivity contribution in [3.63, 3.8) is 0 Å². The van der Waals surface area contributed by atoms with Crippen LogP contribution in [0.15, 0.2) is 24.3 Å². The number of hydrogen-bond donors (Lipinski definition) is 1. The molecule has 0 radical (unpaired) electrons. The monoisotopic (exact) mass is 267 g/mol.